The van der Waals surface area contributed by atoms with Gasteiger partial charge in [-0.25, -0.2) is 0 Å². The van der Waals surface area contributed by atoms with Gasteiger partial charge in [0, 0.05) is 25.6 Å². The molecule has 0 bridgehead atoms. The molecule has 2 heterocycles. The smallest absolute Gasteiger partial charge is 0.105 e. The molecule has 0 aromatic carbocycles. The van der Waals surface area contributed by atoms with Crippen LogP contribution in [0.15, 0.2) is 30.9 Å². The molecule has 3 heteroatoms. The van der Waals surface area contributed by atoms with Crippen molar-refractivity contribution in [3.63, 3.8) is 0 Å². The lowest BCUT2D eigenvalue weighted by Gasteiger charge is -2.19. The minimum absolute atomic E-state index is 0.843. The Morgan fingerprint density at radius 1 is 1.46 bits per heavy atom. The maximum atomic E-state index is 4.22. The average Bonchev–Trinajstić information content (AvgIpc) is 2.20. The zero-order chi connectivity index (χ0) is 9.10. The first-order chi connectivity index (χ1) is 6.38. The summed E-state index contributed by atoms with van der Waals surface area (Å²) in [6.07, 6.45) is 13.3. The first kappa shape index (κ1) is 7.98. The van der Waals surface area contributed by atoms with Crippen LogP contribution in [-0.4, -0.2) is 21.9 Å². The van der Waals surface area contributed by atoms with E-state index < -0.39 is 0 Å². The molecule has 1 aliphatic heterocycles. The number of nitrogens with zero attached hydrogens (tertiary/aromatic N) is 3. The maximum absolute atomic E-state index is 4.22. The fraction of sp³-hybridized carbons (Fsp3) is 0.200. The van der Waals surface area contributed by atoms with E-state index in [1.54, 1.807) is 18.6 Å². The van der Waals surface area contributed by atoms with E-state index in [9.17, 15) is 0 Å². The Kier molecular flexibility index (Phi) is 2.08. The summed E-state index contributed by atoms with van der Waals surface area (Å²) in [5, 5.41) is 0. The van der Waals surface area contributed by atoms with E-state index in [4.69, 9.17) is 0 Å². The highest BCUT2D eigenvalue weighted by molar-refractivity contribution is 5.59. The summed E-state index contributed by atoms with van der Waals surface area (Å²) in [4.78, 5) is 10.2. The lowest BCUT2D eigenvalue weighted by molar-refractivity contribution is 0.634. The van der Waals surface area contributed by atoms with Gasteiger partial charge in [0.15, 0.2) is 0 Å². The van der Waals surface area contributed by atoms with Crippen LogP contribution >= 0.6 is 0 Å². The molecule has 0 N–H and O–H groups in total. The van der Waals surface area contributed by atoms with Crippen LogP contribution in [0.1, 0.15) is 12.1 Å². The van der Waals surface area contributed by atoms with Crippen molar-refractivity contribution in [3.8, 4) is 0 Å². The van der Waals surface area contributed by atoms with Crippen LogP contribution in [0.4, 0.5) is 0 Å². The van der Waals surface area contributed by atoms with Gasteiger partial charge in [-0.1, -0.05) is 6.08 Å². The first-order valence-electron chi connectivity index (χ1n) is 4.14. The zero-order valence-corrected chi connectivity index (χ0v) is 7.44. The molecule has 1 aromatic rings. The summed E-state index contributed by atoms with van der Waals surface area (Å²) in [5.41, 5.74) is 1.87. The molecule has 1 aromatic heterocycles. The van der Waals surface area contributed by atoms with Crippen molar-refractivity contribution in [2.75, 3.05) is 7.05 Å². The van der Waals surface area contributed by atoms with Gasteiger partial charge in [-0.2, -0.15) is 0 Å². The average molecular weight is 172 g/mol. The predicted octanol–water partition coefficient (Wildman–Crippen LogP) is 1.47. The van der Waals surface area contributed by atoms with Crippen molar-refractivity contribution < 1.29 is 0 Å². The summed E-state index contributed by atoms with van der Waals surface area (Å²) in [6, 6.07) is 0. The van der Waals surface area contributed by atoms with Gasteiger partial charge >= 0.3 is 0 Å². The van der Waals surface area contributed by atoms with E-state index in [1.807, 2.05) is 18.1 Å². The lowest BCUT2D eigenvalue weighted by Crippen LogP contribution is -2.12. The molecule has 1 aliphatic rings. The Labute approximate surface area is 77.4 Å². The second kappa shape index (κ2) is 3.39. The Balaban J connectivity index is 2.32. The summed E-state index contributed by atoms with van der Waals surface area (Å²) in [7, 11) is 1.98. The molecule has 0 unspecified atom stereocenters. The largest absolute Gasteiger partial charge is 0.349 e. The highest BCUT2D eigenvalue weighted by Gasteiger charge is 2.08. The second-order valence-corrected chi connectivity index (χ2v) is 2.82. The van der Waals surface area contributed by atoms with Gasteiger partial charge in [-0.05, 0) is 12.5 Å². The molecule has 0 atom stereocenters. The number of hydrogen-bond donors (Lipinski definition) is 0. The van der Waals surface area contributed by atoms with E-state index in [0.717, 1.165) is 17.8 Å². The molecule has 0 saturated carbocycles. The Bertz CT molecular complexity index is 340. The highest BCUT2D eigenvalue weighted by Crippen LogP contribution is 2.18. The van der Waals surface area contributed by atoms with Gasteiger partial charge in [0.1, 0.15) is 5.69 Å². The molecular weight excluding hydrogens is 162 g/mol. The normalized spacial score (nSPS) is 15.8. The van der Waals surface area contributed by atoms with Gasteiger partial charge < -0.3 is 4.90 Å². The molecule has 0 spiro atoms. The van der Waals surface area contributed by atoms with Gasteiger partial charge in [-0.3, -0.25) is 9.97 Å². The minimum atomic E-state index is 0.843. The van der Waals surface area contributed by atoms with E-state index in [0.29, 0.717) is 0 Å². The zero-order valence-electron chi connectivity index (χ0n) is 7.44. The van der Waals surface area contributed by atoms with Crippen LogP contribution < -0.4 is 0 Å². The standard InChI is InChI=1S/C10H10N3/c1-13-7-3-2-4-10(13)9-8-11-5-6-12-9/h3,5-8H,2H2,1H3. The predicted molar refractivity (Wildman–Crippen MR) is 50.2 cm³/mol. The third-order valence-electron chi connectivity index (χ3n) is 1.87. The quantitative estimate of drug-likeness (QED) is 0.642. The molecule has 13 heavy (non-hydrogen) atoms. The van der Waals surface area contributed by atoms with Crippen molar-refractivity contribution >= 4 is 5.70 Å². The maximum Gasteiger partial charge on any atom is 0.105 e. The fourth-order valence-electron chi connectivity index (χ4n) is 1.26. The summed E-state index contributed by atoms with van der Waals surface area (Å²) >= 11 is 0. The molecule has 2 rings (SSSR count). The molecule has 1 radical (unpaired) electrons. The monoisotopic (exact) mass is 172 g/mol. The fourth-order valence-corrected chi connectivity index (χ4v) is 1.26. The molecule has 0 fully saturated rings. The number of rotatable bonds is 1. The van der Waals surface area contributed by atoms with Crippen LogP contribution in [0, 0.1) is 6.08 Å². The van der Waals surface area contributed by atoms with E-state index in [2.05, 4.69) is 22.1 Å². The van der Waals surface area contributed by atoms with Crippen LogP contribution in [0.2, 0.25) is 0 Å². The second-order valence-electron chi connectivity index (χ2n) is 2.82. The highest BCUT2D eigenvalue weighted by atomic mass is 15.1. The van der Waals surface area contributed by atoms with Crippen molar-refractivity contribution in [3.05, 3.63) is 42.6 Å². The summed E-state index contributed by atoms with van der Waals surface area (Å²) < 4.78 is 0. The van der Waals surface area contributed by atoms with Crippen molar-refractivity contribution in [1.29, 1.82) is 0 Å². The van der Waals surface area contributed by atoms with E-state index in [1.165, 1.54) is 0 Å². The number of allylic oxidation sites excluding steroid dienone is 2. The van der Waals surface area contributed by atoms with E-state index >= 15 is 0 Å². The van der Waals surface area contributed by atoms with Gasteiger partial charge in [0.05, 0.1) is 11.9 Å². The van der Waals surface area contributed by atoms with Crippen LogP contribution in [-0.2, 0) is 0 Å². The Morgan fingerprint density at radius 3 is 3.08 bits per heavy atom. The van der Waals surface area contributed by atoms with Crippen LogP contribution in [0.5, 0.6) is 0 Å². The van der Waals surface area contributed by atoms with Gasteiger partial charge in [0.25, 0.3) is 0 Å². The Morgan fingerprint density at radius 2 is 2.38 bits per heavy atom. The summed E-state index contributed by atoms with van der Waals surface area (Å²) in [5.74, 6) is 0. The van der Waals surface area contributed by atoms with Crippen LogP contribution in [0.3, 0.4) is 0 Å². The number of aromatic nitrogens is 2. The third kappa shape index (κ3) is 1.59. The molecule has 0 aliphatic carbocycles. The summed E-state index contributed by atoms with van der Waals surface area (Å²) in [6.45, 7) is 0. The Hall–Kier alpha value is -1.64. The number of hydrogen-bond acceptors (Lipinski definition) is 3. The van der Waals surface area contributed by atoms with Gasteiger partial charge in [0.2, 0.25) is 0 Å². The third-order valence-corrected chi connectivity index (χ3v) is 1.87. The minimum Gasteiger partial charge on any atom is -0.349 e. The molecule has 65 valence electrons. The molecular formula is C10H10N3. The SMILES string of the molecule is CN1C=CC[C]=C1c1cnccn1. The first-order valence-corrected chi connectivity index (χ1v) is 4.14. The van der Waals surface area contributed by atoms with Gasteiger partial charge in [-0.15, -0.1) is 0 Å². The van der Waals surface area contributed by atoms with Crippen molar-refractivity contribution in [2.24, 2.45) is 0 Å². The van der Waals surface area contributed by atoms with Crippen molar-refractivity contribution in [1.82, 2.24) is 14.9 Å². The molecule has 3 nitrogen and oxygen atoms in total. The van der Waals surface area contributed by atoms with E-state index in [-0.39, 0.29) is 0 Å². The van der Waals surface area contributed by atoms with Crippen LogP contribution in [0.25, 0.3) is 5.70 Å². The lowest BCUT2D eigenvalue weighted by atomic mass is 10.2. The molecule has 0 amide bonds. The molecule has 0 saturated heterocycles. The topological polar surface area (TPSA) is 29.0 Å². The van der Waals surface area contributed by atoms with Crippen molar-refractivity contribution in [2.45, 2.75) is 6.42 Å².